The van der Waals surface area contributed by atoms with E-state index in [9.17, 15) is 13.5 Å². The molecule has 2 atom stereocenters. The van der Waals surface area contributed by atoms with E-state index in [1.54, 1.807) is 6.92 Å². The molecule has 0 aromatic heterocycles. The molecule has 1 saturated heterocycles. The van der Waals surface area contributed by atoms with Crippen molar-refractivity contribution in [1.29, 1.82) is 0 Å². The molecule has 0 aromatic rings. The summed E-state index contributed by atoms with van der Waals surface area (Å²) in [6.45, 7) is 2.16. The van der Waals surface area contributed by atoms with E-state index in [0.717, 1.165) is 0 Å². The van der Waals surface area contributed by atoms with Gasteiger partial charge in [-0.2, -0.15) is 0 Å². The molecule has 2 unspecified atom stereocenters. The third-order valence-electron chi connectivity index (χ3n) is 2.60. The second-order valence-electron chi connectivity index (χ2n) is 3.70. The first-order chi connectivity index (χ1) is 6.90. The molecule has 90 valence electrons. The molecule has 1 aliphatic rings. The second kappa shape index (κ2) is 4.97. The fraction of sp³-hybridized carbons (Fsp3) is 1.00. The first-order valence-corrected chi connectivity index (χ1v) is 6.95. The van der Waals surface area contributed by atoms with Crippen LogP contribution in [0, 0.1) is 0 Å². The Morgan fingerprint density at radius 3 is 2.80 bits per heavy atom. The average Bonchev–Trinajstić information content (AvgIpc) is 2.45. The summed E-state index contributed by atoms with van der Waals surface area (Å²) in [4.78, 5) is 0. The number of hydrogen-bond acceptors (Lipinski definition) is 4. The Labute approximate surface area is 94.8 Å². The summed E-state index contributed by atoms with van der Waals surface area (Å²) in [5.41, 5.74) is -1.10. The van der Waals surface area contributed by atoms with Crippen molar-refractivity contribution in [2.24, 2.45) is 0 Å². The van der Waals surface area contributed by atoms with E-state index in [-0.39, 0.29) is 24.3 Å². The van der Waals surface area contributed by atoms with Gasteiger partial charge in [-0.3, -0.25) is 0 Å². The molecule has 7 heteroatoms. The molecule has 5 nitrogen and oxygen atoms in total. The molecular weight excluding hydrogens is 242 g/mol. The number of hydrogen-bond donors (Lipinski definition) is 2. The van der Waals surface area contributed by atoms with E-state index < -0.39 is 15.6 Å². The zero-order valence-electron chi connectivity index (χ0n) is 8.57. The summed E-state index contributed by atoms with van der Waals surface area (Å²) >= 11 is 5.34. The highest BCUT2D eigenvalue weighted by Crippen LogP contribution is 2.24. The first kappa shape index (κ1) is 13.2. The van der Waals surface area contributed by atoms with Gasteiger partial charge < -0.3 is 9.84 Å². The highest BCUT2D eigenvalue weighted by atomic mass is 35.5. The molecule has 1 fully saturated rings. The van der Waals surface area contributed by atoms with E-state index in [4.69, 9.17) is 16.3 Å². The van der Waals surface area contributed by atoms with Crippen LogP contribution in [0.25, 0.3) is 0 Å². The second-order valence-corrected chi connectivity index (χ2v) is 6.00. The van der Waals surface area contributed by atoms with Gasteiger partial charge in [-0.05, 0) is 6.92 Å². The maximum absolute atomic E-state index is 11.3. The van der Waals surface area contributed by atoms with Crippen molar-refractivity contribution in [3.05, 3.63) is 0 Å². The third kappa shape index (κ3) is 3.57. The number of halogens is 1. The molecule has 1 rings (SSSR count). The molecule has 1 aliphatic heterocycles. The molecule has 15 heavy (non-hydrogen) atoms. The lowest BCUT2D eigenvalue weighted by atomic mass is 9.97. The van der Waals surface area contributed by atoms with Gasteiger partial charge in [0.05, 0.1) is 11.9 Å². The van der Waals surface area contributed by atoms with Crippen LogP contribution in [0.2, 0.25) is 0 Å². The molecule has 1 heterocycles. The van der Waals surface area contributed by atoms with Crippen molar-refractivity contribution >= 4 is 21.6 Å². The van der Waals surface area contributed by atoms with Crippen LogP contribution in [0.3, 0.4) is 0 Å². The van der Waals surface area contributed by atoms with E-state index in [0.29, 0.717) is 13.0 Å². The zero-order valence-corrected chi connectivity index (χ0v) is 10.1. The zero-order chi connectivity index (χ0) is 11.5. The van der Waals surface area contributed by atoms with Crippen molar-refractivity contribution in [2.75, 3.05) is 24.8 Å². The molecule has 0 amide bonds. The SMILES string of the molecule is CC1OCCC1(O)CNS(=O)(=O)CCCl. The quantitative estimate of drug-likeness (QED) is 0.663. The van der Waals surface area contributed by atoms with Crippen LogP contribution >= 0.6 is 11.6 Å². The van der Waals surface area contributed by atoms with Gasteiger partial charge in [0.1, 0.15) is 5.60 Å². The van der Waals surface area contributed by atoms with Crippen molar-refractivity contribution in [2.45, 2.75) is 25.0 Å². The Bertz CT molecular complexity index is 308. The lowest BCUT2D eigenvalue weighted by Crippen LogP contribution is -2.47. The molecule has 2 N–H and O–H groups in total. The summed E-state index contributed by atoms with van der Waals surface area (Å²) < 4.78 is 30.1. The average molecular weight is 258 g/mol. The normalized spacial score (nSPS) is 32.1. The van der Waals surface area contributed by atoms with Crippen LogP contribution in [0.4, 0.5) is 0 Å². The molecule has 0 bridgehead atoms. The topological polar surface area (TPSA) is 75.6 Å². The van der Waals surface area contributed by atoms with Gasteiger partial charge in [-0.25, -0.2) is 13.1 Å². The van der Waals surface area contributed by atoms with Crippen LogP contribution in [0.5, 0.6) is 0 Å². The molecule has 0 spiro atoms. The van der Waals surface area contributed by atoms with Gasteiger partial charge in [0, 0.05) is 25.5 Å². The predicted octanol–water partition coefficient (Wildman–Crippen LogP) is -0.315. The summed E-state index contributed by atoms with van der Waals surface area (Å²) in [5.74, 6) is -0.0975. The largest absolute Gasteiger partial charge is 0.386 e. The first-order valence-electron chi connectivity index (χ1n) is 4.77. The number of sulfonamides is 1. The third-order valence-corrected chi connectivity index (χ3v) is 4.34. The Hall–Kier alpha value is 0.120. The van der Waals surface area contributed by atoms with Crippen LogP contribution in [0.1, 0.15) is 13.3 Å². The minimum Gasteiger partial charge on any atom is -0.386 e. The number of nitrogens with one attached hydrogen (secondary N) is 1. The Morgan fingerprint density at radius 2 is 2.33 bits per heavy atom. The van der Waals surface area contributed by atoms with Crippen molar-refractivity contribution in [3.8, 4) is 0 Å². The van der Waals surface area contributed by atoms with Gasteiger partial charge in [-0.1, -0.05) is 0 Å². The smallest absolute Gasteiger partial charge is 0.212 e. The summed E-state index contributed by atoms with van der Waals surface area (Å²) in [6, 6.07) is 0. The highest BCUT2D eigenvalue weighted by molar-refractivity contribution is 7.89. The molecule has 0 radical (unpaired) electrons. The maximum Gasteiger partial charge on any atom is 0.212 e. The Balaban J connectivity index is 2.49. The van der Waals surface area contributed by atoms with Crippen molar-refractivity contribution in [3.63, 3.8) is 0 Å². The number of aliphatic hydroxyl groups is 1. The fourth-order valence-electron chi connectivity index (χ4n) is 1.41. The van der Waals surface area contributed by atoms with Crippen LogP contribution < -0.4 is 4.72 Å². The standard InChI is InChI=1S/C8H16ClNO4S/c1-7-8(11,2-4-14-7)6-10-15(12,13)5-3-9/h7,10-11H,2-6H2,1H3. The minimum atomic E-state index is -3.38. The van der Waals surface area contributed by atoms with Crippen LogP contribution in [-0.2, 0) is 14.8 Å². The van der Waals surface area contributed by atoms with Gasteiger partial charge in [0.25, 0.3) is 0 Å². The monoisotopic (exact) mass is 257 g/mol. The predicted molar refractivity (Wildman–Crippen MR) is 57.5 cm³/mol. The molecule has 0 aliphatic carbocycles. The number of alkyl halides is 1. The van der Waals surface area contributed by atoms with Crippen molar-refractivity contribution < 1.29 is 18.3 Å². The van der Waals surface area contributed by atoms with E-state index in [1.807, 2.05) is 0 Å². The lowest BCUT2D eigenvalue weighted by molar-refractivity contribution is -0.0228. The molecule has 0 aromatic carbocycles. The molecule has 0 saturated carbocycles. The van der Waals surface area contributed by atoms with Crippen LogP contribution in [0.15, 0.2) is 0 Å². The molecular formula is C8H16ClNO4S. The van der Waals surface area contributed by atoms with Gasteiger partial charge in [-0.15, -0.1) is 11.6 Å². The number of rotatable bonds is 5. The maximum atomic E-state index is 11.3. The lowest BCUT2D eigenvalue weighted by Gasteiger charge is -2.25. The van der Waals surface area contributed by atoms with E-state index in [1.165, 1.54) is 0 Å². The van der Waals surface area contributed by atoms with E-state index in [2.05, 4.69) is 4.72 Å². The summed E-state index contributed by atoms with van der Waals surface area (Å²) in [7, 11) is -3.38. The van der Waals surface area contributed by atoms with Gasteiger partial charge in [0.15, 0.2) is 0 Å². The summed E-state index contributed by atoms with van der Waals surface area (Å²) in [5, 5.41) is 10.0. The van der Waals surface area contributed by atoms with Crippen molar-refractivity contribution in [1.82, 2.24) is 4.72 Å². The Kier molecular flexibility index (Phi) is 4.37. The minimum absolute atomic E-state index is 0.0204. The Morgan fingerprint density at radius 1 is 1.67 bits per heavy atom. The summed E-state index contributed by atoms with van der Waals surface area (Å²) in [6.07, 6.45) is 0.0913. The van der Waals surface area contributed by atoms with E-state index >= 15 is 0 Å². The van der Waals surface area contributed by atoms with Gasteiger partial charge in [0.2, 0.25) is 10.0 Å². The van der Waals surface area contributed by atoms with Gasteiger partial charge >= 0.3 is 0 Å². The van der Waals surface area contributed by atoms with Crippen LogP contribution in [-0.4, -0.2) is 50.0 Å². The number of ether oxygens (including phenoxy) is 1. The highest BCUT2D eigenvalue weighted by Gasteiger charge is 2.40. The fourth-order valence-corrected chi connectivity index (χ4v) is 2.84.